The standard InChI is InChI=1S/C10H16N2O2/c13-10(7-1-11-2-7)12-3-8-5-14-6-9(8)4-12/h7-9,11H,1-6H2/t8-,9-/m1/s1. The van der Waals surface area contributed by atoms with Gasteiger partial charge in [-0.1, -0.05) is 0 Å². The zero-order valence-electron chi connectivity index (χ0n) is 8.24. The zero-order valence-corrected chi connectivity index (χ0v) is 8.24. The molecule has 3 rings (SSSR count). The van der Waals surface area contributed by atoms with Crippen molar-refractivity contribution in [1.82, 2.24) is 10.2 Å². The molecule has 0 saturated carbocycles. The van der Waals surface area contributed by atoms with Gasteiger partial charge in [0.15, 0.2) is 0 Å². The Labute approximate surface area is 83.6 Å². The van der Waals surface area contributed by atoms with Gasteiger partial charge in [0.05, 0.1) is 19.1 Å². The summed E-state index contributed by atoms with van der Waals surface area (Å²) in [6.45, 7) is 5.33. The number of fused-ring (bicyclic) bond motifs is 1. The third kappa shape index (κ3) is 1.25. The van der Waals surface area contributed by atoms with Gasteiger partial charge in [-0.05, 0) is 0 Å². The summed E-state index contributed by atoms with van der Waals surface area (Å²) >= 11 is 0. The Kier molecular flexibility index (Phi) is 1.99. The summed E-state index contributed by atoms with van der Waals surface area (Å²) in [4.78, 5) is 13.9. The predicted octanol–water partition coefficient (Wildman–Crippen LogP) is -0.689. The van der Waals surface area contributed by atoms with E-state index < -0.39 is 0 Å². The monoisotopic (exact) mass is 196 g/mol. The number of nitrogens with one attached hydrogen (secondary N) is 1. The van der Waals surface area contributed by atoms with E-state index in [1.807, 2.05) is 4.90 Å². The lowest BCUT2D eigenvalue weighted by Gasteiger charge is -2.30. The Morgan fingerprint density at radius 1 is 1.21 bits per heavy atom. The summed E-state index contributed by atoms with van der Waals surface area (Å²) in [5, 5.41) is 3.14. The van der Waals surface area contributed by atoms with Crippen LogP contribution in [-0.2, 0) is 9.53 Å². The number of likely N-dealkylation sites (tertiary alicyclic amines) is 1. The molecule has 3 heterocycles. The lowest BCUT2D eigenvalue weighted by Crippen LogP contribution is -2.51. The third-order valence-corrected chi connectivity index (χ3v) is 3.68. The molecule has 14 heavy (non-hydrogen) atoms. The Bertz CT molecular complexity index is 241. The molecule has 3 aliphatic heterocycles. The van der Waals surface area contributed by atoms with Crippen molar-refractivity contribution in [3.8, 4) is 0 Å². The normalized spacial score (nSPS) is 37.0. The first-order valence-corrected chi connectivity index (χ1v) is 5.42. The number of hydrogen-bond donors (Lipinski definition) is 1. The summed E-state index contributed by atoms with van der Waals surface area (Å²) in [6, 6.07) is 0. The quantitative estimate of drug-likeness (QED) is 0.603. The van der Waals surface area contributed by atoms with Crippen molar-refractivity contribution in [3.63, 3.8) is 0 Å². The first-order chi connectivity index (χ1) is 6.84. The zero-order chi connectivity index (χ0) is 9.54. The molecular formula is C10H16N2O2. The Balaban J connectivity index is 1.61. The van der Waals surface area contributed by atoms with Crippen LogP contribution in [0.5, 0.6) is 0 Å². The molecule has 0 aromatic rings. The average molecular weight is 196 g/mol. The minimum Gasteiger partial charge on any atom is -0.381 e. The maximum atomic E-state index is 11.9. The van der Waals surface area contributed by atoms with Crippen LogP contribution < -0.4 is 5.32 Å². The number of rotatable bonds is 1. The van der Waals surface area contributed by atoms with Gasteiger partial charge < -0.3 is 15.0 Å². The van der Waals surface area contributed by atoms with Crippen LogP contribution in [0.15, 0.2) is 0 Å². The molecule has 0 aliphatic carbocycles. The maximum absolute atomic E-state index is 11.9. The van der Waals surface area contributed by atoms with E-state index in [9.17, 15) is 4.79 Å². The molecule has 0 aromatic heterocycles. The predicted molar refractivity (Wildman–Crippen MR) is 50.7 cm³/mol. The molecule has 0 spiro atoms. The molecule has 0 radical (unpaired) electrons. The SMILES string of the molecule is O=C(C1CNC1)N1C[C@@H]2COC[C@H]2C1. The molecule has 3 aliphatic rings. The second kappa shape index (κ2) is 3.21. The second-order valence-corrected chi connectivity index (χ2v) is 4.66. The summed E-state index contributed by atoms with van der Waals surface area (Å²) in [5.41, 5.74) is 0. The molecule has 0 unspecified atom stereocenters. The molecule has 78 valence electrons. The lowest BCUT2D eigenvalue weighted by molar-refractivity contribution is -0.136. The fourth-order valence-corrected chi connectivity index (χ4v) is 2.59. The van der Waals surface area contributed by atoms with E-state index in [0.717, 1.165) is 39.4 Å². The van der Waals surface area contributed by atoms with Crippen molar-refractivity contribution in [2.24, 2.45) is 17.8 Å². The van der Waals surface area contributed by atoms with Crippen LogP contribution >= 0.6 is 0 Å². The Morgan fingerprint density at radius 3 is 2.36 bits per heavy atom. The van der Waals surface area contributed by atoms with Crippen LogP contribution in [0.25, 0.3) is 0 Å². The molecule has 0 aromatic carbocycles. The van der Waals surface area contributed by atoms with Gasteiger partial charge in [0.2, 0.25) is 5.91 Å². The van der Waals surface area contributed by atoms with Gasteiger partial charge >= 0.3 is 0 Å². The van der Waals surface area contributed by atoms with Crippen molar-refractivity contribution in [3.05, 3.63) is 0 Å². The highest BCUT2D eigenvalue weighted by Gasteiger charge is 2.41. The van der Waals surface area contributed by atoms with Gasteiger partial charge in [0.1, 0.15) is 0 Å². The van der Waals surface area contributed by atoms with Crippen LogP contribution in [0.3, 0.4) is 0 Å². The summed E-state index contributed by atoms with van der Waals surface area (Å²) in [7, 11) is 0. The third-order valence-electron chi connectivity index (χ3n) is 3.68. The maximum Gasteiger partial charge on any atom is 0.228 e. The molecule has 2 atom stereocenters. The fourth-order valence-electron chi connectivity index (χ4n) is 2.59. The van der Waals surface area contributed by atoms with Crippen LogP contribution in [0.4, 0.5) is 0 Å². The number of carbonyl (C=O) groups is 1. The van der Waals surface area contributed by atoms with E-state index in [1.54, 1.807) is 0 Å². The van der Waals surface area contributed by atoms with E-state index >= 15 is 0 Å². The first-order valence-electron chi connectivity index (χ1n) is 5.42. The fraction of sp³-hybridized carbons (Fsp3) is 0.900. The summed E-state index contributed by atoms with van der Waals surface area (Å²) in [6.07, 6.45) is 0. The second-order valence-electron chi connectivity index (χ2n) is 4.66. The van der Waals surface area contributed by atoms with Crippen LogP contribution in [0.1, 0.15) is 0 Å². The largest absolute Gasteiger partial charge is 0.381 e. The van der Waals surface area contributed by atoms with E-state index in [4.69, 9.17) is 4.74 Å². The van der Waals surface area contributed by atoms with Crippen molar-refractivity contribution >= 4 is 5.91 Å². The van der Waals surface area contributed by atoms with E-state index in [1.165, 1.54) is 0 Å². The van der Waals surface area contributed by atoms with Crippen molar-refractivity contribution in [2.45, 2.75) is 0 Å². The molecule has 4 nitrogen and oxygen atoms in total. The molecule has 1 N–H and O–H groups in total. The van der Waals surface area contributed by atoms with Gasteiger partial charge in [-0.25, -0.2) is 0 Å². The highest BCUT2D eigenvalue weighted by Crippen LogP contribution is 2.30. The highest BCUT2D eigenvalue weighted by atomic mass is 16.5. The number of nitrogens with zero attached hydrogens (tertiary/aromatic N) is 1. The highest BCUT2D eigenvalue weighted by molar-refractivity contribution is 5.80. The van der Waals surface area contributed by atoms with Gasteiger partial charge in [0, 0.05) is 38.0 Å². The van der Waals surface area contributed by atoms with Gasteiger partial charge in [-0.15, -0.1) is 0 Å². The summed E-state index contributed by atoms with van der Waals surface area (Å²) < 4.78 is 5.39. The Hall–Kier alpha value is -0.610. The number of ether oxygens (including phenoxy) is 1. The molecule has 1 amide bonds. The van der Waals surface area contributed by atoms with Gasteiger partial charge in [-0.3, -0.25) is 4.79 Å². The van der Waals surface area contributed by atoms with Gasteiger partial charge in [-0.2, -0.15) is 0 Å². The van der Waals surface area contributed by atoms with E-state index in [0.29, 0.717) is 17.7 Å². The van der Waals surface area contributed by atoms with Crippen LogP contribution in [-0.4, -0.2) is 50.2 Å². The van der Waals surface area contributed by atoms with Crippen LogP contribution in [0, 0.1) is 17.8 Å². The molecule has 4 heteroatoms. The van der Waals surface area contributed by atoms with Gasteiger partial charge in [0.25, 0.3) is 0 Å². The number of carbonyl (C=O) groups excluding carboxylic acids is 1. The topological polar surface area (TPSA) is 41.6 Å². The minimum atomic E-state index is 0.259. The molecule has 3 saturated heterocycles. The number of hydrogen-bond acceptors (Lipinski definition) is 3. The molecular weight excluding hydrogens is 180 g/mol. The van der Waals surface area contributed by atoms with Crippen LogP contribution in [0.2, 0.25) is 0 Å². The lowest BCUT2D eigenvalue weighted by atomic mass is 10.0. The van der Waals surface area contributed by atoms with Crippen molar-refractivity contribution in [1.29, 1.82) is 0 Å². The molecule has 3 fully saturated rings. The number of amides is 1. The first kappa shape index (κ1) is 8.68. The van der Waals surface area contributed by atoms with Crippen molar-refractivity contribution in [2.75, 3.05) is 39.4 Å². The average Bonchev–Trinajstić information content (AvgIpc) is 2.56. The minimum absolute atomic E-state index is 0.259. The van der Waals surface area contributed by atoms with Crippen molar-refractivity contribution < 1.29 is 9.53 Å². The Morgan fingerprint density at radius 2 is 1.86 bits per heavy atom. The molecule has 0 bridgehead atoms. The van der Waals surface area contributed by atoms with E-state index in [-0.39, 0.29) is 5.92 Å². The van der Waals surface area contributed by atoms with E-state index in [2.05, 4.69) is 5.32 Å². The smallest absolute Gasteiger partial charge is 0.228 e. The summed E-state index contributed by atoms with van der Waals surface area (Å²) in [5.74, 6) is 1.85.